The van der Waals surface area contributed by atoms with Gasteiger partial charge in [0, 0.05) is 38.2 Å². The molecule has 8 heteroatoms. The monoisotopic (exact) mass is 453 g/mol. The van der Waals surface area contributed by atoms with E-state index in [1.807, 2.05) is 49.9 Å². The molecule has 1 aliphatic rings. The number of amides is 1. The Morgan fingerprint density at radius 2 is 1.66 bits per heavy atom. The minimum Gasteiger partial charge on any atom is -0.419 e. The highest BCUT2D eigenvalue weighted by atomic mass is 32.2. The first kappa shape index (κ1) is 22.1. The Bertz CT molecular complexity index is 1220. The van der Waals surface area contributed by atoms with E-state index in [0.717, 1.165) is 16.7 Å². The van der Waals surface area contributed by atoms with Crippen LogP contribution in [0, 0.1) is 13.8 Å². The Hall–Kier alpha value is -3.13. The summed E-state index contributed by atoms with van der Waals surface area (Å²) in [6.45, 7) is 7.66. The van der Waals surface area contributed by atoms with Crippen LogP contribution in [-0.4, -0.2) is 50.4 Å². The van der Waals surface area contributed by atoms with E-state index in [0.29, 0.717) is 32.6 Å². The van der Waals surface area contributed by atoms with E-state index >= 15 is 0 Å². The van der Waals surface area contributed by atoms with Crippen LogP contribution in [0.25, 0.3) is 11.5 Å². The second kappa shape index (κ2) is 8.78. The molecule has 1 amide bonds. The predicted molar refractivity (Wildman–Crippen MR) is 122 cm³/mol. The van der Waals surface area contributed by atoms with Crippen LogP contribution in [-0.2, 0) is 14.6 Å². The van der Waals surface area contributed by atoms with Crippen molar-refractivity contribution in [2.24, 2.45) is 0 Å². The molecule has 4 rings (SSSR count). The molecule has 0 radical (unpaired) electrons. The first-order valence-electron chi connectivity index (χ1n) is 10.7. The molecule has 0 unspecified atom stereocenters. The summed E-state index contributed by atoms with van der Waals surface area (Å²) in [5.41, 5.74) is 2.67. The number of hydrogen-bond donors (Lipinski definition) is 0. The summed E-state index contributed by atoms with van der Waals surface area (Å²) in [7, 11) is -3.90. The van der Waals surface area contributed by atoms with Crippen molar-refractivity contribution in [1.29, 1.82) is 0 Å². The number of benzene rings is 2. The van der Waals surface area contributed by atoms with Crippen LogP contribution in [0.4, 0.5) is 5.88 Å². The summed E-state index contributed by atoms with van der Waals surface area (Å²) in [6, 6.07) is 14.3. The van der Waals surface area contributed by atoms with Gasteiger partial charge < -0.3 is 14.2 Å². The van der Waals surface area contributed by atoms with Gasteiger partial charge in [0.1, 0.15) is 0 Å². The number of hydrogen-bond acceptors (Lipinski definition) is 6. The molecule has 168 valence electrons. The molecule has 0 saturated carbocycles. The number of sulfone groups is 1. The highest BCUT2D eigenvalue weighted by molar-refractivity contribution is 7.91. The van der Waals surface area contributed by atoms with Crippen LogP contribution in [0.3, 0.4) is 0 Å². The number of carbonyl (C=O) groups is 1. The summed E-state index contributed by atoms with van der Waals surface area (Å²) >= 11 is 0. The fourth-order valence-electron chi connectivity index (χ4n) is 3.81. The zero-order valence-corrected chi connectivity index (χ0v) is 19.4. The van der Waals surface area contributed by atoms with Crippen molar-refractivity contribution >= 4 is 21.6 Å². The zero-order valence-electron chi connectivity index (χ0n) is 18.5. The number of piperazine rings is 1. The Labute approximate surface area is 188 Å². The summed E-state index contributed by atoms with van der Waals surface area (Å²) in [5, 5.41) is -0.0881. The Morgan fingerprint density at radius 1 is 1.00 bits per heavy atom. The Kier molecular flexibility index (Phi) is 6.06. The number of carbonyl (C=O) groups excluding carboxylic acids is 1. The van der Waals surface area contributed by atoms with Gasteiger partial charge in [-0.05, 0) is 37.6 Å². The van der Waals surface area contributed by atoms with Gasteiger partial charge in [-0.15, -0.1) is 0 Å². The first-order chi connectivity index (χ1) is 15.3. The largest absolute Gasteiger partial charge is 0.419 e. The molecule has 0 atom stereocenters. The van der Waals surface area contributed by atoms with E-state index in [-0.39, 0.29) is 27.6 Å². The molecule has 2 heterocycles. The third-order valence-electron chi connectivity index (χ3n) is 5.76. The highest BCUT2D eigenvalue weighted by Crippen LogP contribution is 2.36. The van der Waals surface area contributed by atoms with Gasteiger partial charge in [0.2, 0.25) is 32.5 Å². The lowest BCUT2D eigenvalue weighted by atomic mass is 10.1. The second-order valence-corrected chi connectivity index (χ2v) is 9.85. The number of aryl methyl sites for hydroxylation is 2. The van der Waals surface area contributed by atoms with E-state index in [2.05, 4.69) is 4.98 Å². The molecule has 2 aromatic carbocycles. The summed E-state index contributed by atoms with van der Waals surface area (Å²) in [4.78, 5) is 20.4. The quantitative estimate of drug-likeness (QED) is 0.584. The van der Waals surface area contributed by atoms with Crippen LogP contribution in [0.5, 0.6) is 0 Å². The van der Waals surface area contributed by atoms with Gasteiger partial charge in [-0.3, -0.25) is 4.79 Å². The van der Waals surface area contributed by atoms with Crippen molar-refractivity contribution < 1.29 is 17.6 Å². The molecule has 0 bridgehead atoms. The van der Waals surface area contributed by atoms with Crippen molar-refractivity contribution in [1.82, 2.24) is 9.88 Å². The van der Waals surface area contributed by atoms with E-state index in [1.54, 1.807) is 29.2 Å². The molecular weight excluding hydrogens is 426 g/mol. The maximum atomic E-state index is 13.5. The number of nitrogens with zero attached hydrogens (tertiary/aromatic N) is 3. The van der Waals surface area contributed by atoms with Crippen LogP contribution in [0.15, 0.2) is 62.9 Å². The minimum absolute atomic E-state index is 0.0881. The molecule has 1 fully saturated rings. The summed E-state index contributed by atoms with van der Waals surface area (Å²) in [6.07, 6.45) is 0.451. The lowest BCUT2D eigenvalue weighted by Crippen LogP contribution is -2.48. The first-order valence-corrected chi connectivity index (χ1v) is 12.2. The molecule has 7 nitrogen and oxygen atoms in total. The molecule has 0 spiro atoms. The smallest absolute Gasteiger partial charge is 0.236 e. The predicted octanol–water partition coefficient (Wildman–Crippen LogP) is 3.85. The van der Waals surface area contributed by atoms with Crippen LogP contribution >= 0.6 is 0 Å². The number of anilines is 1. The van der Waals surface area contributed by atoms with Gasteiger partial charge in [-0.2, -0.15) is 4.98 Å². The van der Waals surface area contributed by atoms with Crippen molar-refractivity contribution in [3.05, 3.63) is 59.7 Å². The van der Waals surface area contributed by atoms with Gasteiger partial charge in [0.15, 0.2) is 0 Å². The molecule has 3 aromatic rings. The molecule has 1 saturated heterocycles. The molecule has 1 aliphatic heterocycles. The fourth-order valence-corrected chi connectivity index (χ4v) is 5.13. The maximum Gasteiger partial charge on any atom is 0.236 e. The molecule has 32 heavy (non-hydrogen) atoms. The zero-order chi connectivity index (χ0) is 22.9. The van der Waals surface area contributed by atoms with E-state index in [1.165, 1.54) is 0 Å². The van der Waals surface area contributed by atoms with Crippen LogP contribution < -0.4 is 4.90 Å². The van der Waals surface area contributed by atoms with Crippen molar-refractivity contribution in [2.45, 2.75) is 37.1 Å². The molecule has 0 N–H and O–H groups in total. The van der Waals surface area contributed by atoms with Crippen LogP contribution in [0.1, 0.15) is 24.5 Å². The van der Waals surface area contributed by atoms with E-state index < -0.39 is 9.84 Å². The number of aromatic nitrogens is 1. The molecule has 1 aromatic heterocycles. The van der Waals surface area contributed by atoms with Crippen molar-refractivity contribution in [3.8, 4) is 11.5 Å². The summed E-state index contributed by atoms with van der Waals surface area (Å²) < 4.78 is 33.2. The lowest BCUT2D eigenvalue weighted by molar-refractivity contribution is -0.131. The summed E-state index contributed by atoms with van der Waals surface area (Å²) in [5.74, 6) is 0.596. The van der Waals surface area contributed by atoms with Gasteiger partial charge in [0.25, 0.3) is 0 Å². The standard InChI is InChI=1S/C24H27N3O4S/c1-4-21(28)26-13-15-27(16-14-26)24-23(32(29,30)19-11-9-17(2)10-12-19)25-22(31-24)20-8-6-5-7-18(20)3/h5-12H,4,13-16H2,1-3H3. The Morgan fingerprint density at radius 3 is 2.28 bits per heavy atom. The fraction of sp³-hybridized carbons (Fsp3) is 0.333. The van der Waals surface area contributed by atoms with Crippen molar-refractivity contribution in [2.75, 3.05) is 31.1 Å². The number of rotatable bonds is 5. The average molecular weight is 454 g/mol. The SMILES string of the molecule is CCC(=O)N1CCN(c2oc(-c3ccccc3C)nc2S(=O)(=O)c2ccc(C)cc2)CC1. The van der Waals surface area contributed by atoms with Gasteiger partial charge >= 0.3 is 0 Å². The lowest BCUT2D eigenvalue weighted by Gasteiger charge is -2.34. The normalized spacial score (nSPS) is 14.6. The van der Waals surface area contributed by atoms with Crippen LogP contribution in [0.2, 0.25) is 0 Å². The Balaban J connectivity index is 1.77. The van der Waals surface area contributed by atoms with Gasteiger partial charge in [-0.25, -0.2) is 8.42 Å². The minimum atomic E-state index is -3.90. The second-order valence-electron chi connectivity index (χ2n) is 7.98. The third-order valence-corrected chi connectivity index (χ3v) is 7.43. The van der Waals surface area contributed by atoms with E-state index in [4.69, 9.17) is 4.42 Å². The molecular formula is C24H27N3O4S. The number of oxazole rings is 1. The average Bonchev–Trinajstić information content (AvgIpc) is 3.25. The van der Waals surface area contributed by atoms with E-state index in [9.17, 15) is 13.2 Å². The van der Waals surface area contributed by atoms with Gasteiger partial charge in [-0.1, -0.05) is 42.8 Å². The molecule has 0 aliphatic carbocycles. The highest BCUT2D eigenvalue weighted by Gasteiger charge is 2.33. The van der Waals surface area contributed by atoms with Gasteiger partial charge in [0.05, 0.1) is 4.90 Å². The third kappa shape index (κ3) is 4.14. The maximum absolute atomic E-state index is 13.5. The topological polar surface area (TPSA) is 83.7 Å². The van der Waals surface area contributed by atoms with Crippen molar-refractivity contribution in [3.63, 3.8) is 0 Å².